The predicted molar refractivity (Wildman–Crippen MR) is 87.9 cm³/mol. The fourth-order valence-corrected chi connectivity index (χ4v) is 2.78. The van der Waals surface area contributed by atoms with Crippen molar-refractivity contribution in [2.45, 2.75) is 70.6 Å². The van der Waals surface area contributed by atoms with E-state index in [4.69, 9.17) is 0 Å². The normalized spacial score (nSPS) is 10.2. The maximum atomic E-state index is 4.15. The van der Waals surface area contributed by atoms with Crippen LogP contribution in [-0.4, -0.2) is 10.3 Å². The first-order valence-electron chi connectivity index (χ1n) is 7.88. The smallest absolute Gasteiger partial charge is 0.0299 e. The lowest BCUT2D eigenvalue weighted by molar-refractivity contribution is -0.00000402. The highest BCUT2D eigenvalue weighted by molar-refractivity contribution is 9.09. The van der Waals surface area contributed by atoms with Gasteiger partial charge >= 0.3 is 0 Å². The van der Waals surface area contributed by atoms with E-state index in [1.807, 2.05) is 18.5 Å². The van der Waals surface area contributed by atoms with Crippen molar-refractivity contribution in [1.82, 2.24) is 4.98 Å². The molecule has 1 nitrogen and oxygen atoms in total. The maximum Gasteiger partial charge on any atom is 0.0299 e. The maximum absolute atomic E-state index is 4.15. The van der Waals surface area contributed by atoms with E-state index in [9.17, 15) is 0 Å². The predicted octanol–water partition coefficient (Wildman–Crippen LogP) is 2.92. The average molecular weight is 406 g/mol. The highest BCUT2D eigenvalue weighted by Crippen LogP contribution is 2.12. The Kier molecular flexibility index (Phi) is 15.6. The molecule has 20 heavy (non-hydrogen) atoms. The summed E-state index contributed by atoms with van der Waals surface area (Å²) in [5.41, 5.74) is 1.38. The summed E-state index contributed by atoms with van der Waals surface area (Å²) in [6.45, 7) is 0. The number of alkyl halides is 1. The van der Waals surface area contributed by atoms with E-state index in [1.165, 1.54) is 81.5 Å². The summed E-state index contributed by atoms with van der Waals surface area (Å²) in [5.74, 6) is 0. The zero-order chi connectivity index (χ0) is 13.6. The molecule has 0 bridgehead atoms. The van der Waals surface area contributed by atoms with E-state index in [0.29, 0.717) is 0 Å². The van der Waals surface area contributed by atoms with Crippen molar-refractivity contribution in [1.29, 1.82) is 0 Å². The van der Waals surface area contributed by atoms with E-state index < -0.39 is 0 Å². The van der Waals surface area contributed by atoms with E-state index in [2.05, 4.69) is 27.0 Å². The summed E-state index contributed by atoms with van der Waals surface area (Å²) >= 11 is 3.48. The molecule has 0 aromatic carbocycles. The van der Waals surface area contributed by atoms with Gasteiger partial charge in [0.05, 0.1) is 0 Å². The lowest BCUT2D eigenvalue weighted by atomic mass is 10.0. The summed E-state index contributed by atoms with van der Waals surface area (Å²) in [7, 11) is 0. The van der Waals surface area contributed by atoms with E-state index in [0.717, 1.165) is 0 Å². The first-order valence-corrected chi connectivity index (χ1v) is 9.00. The first kappa shape index (κ1) is 20.1. The highest BCUT2D eigenvalue weighted by Gasteiger charge is 1.94. The number of rotatable bonds is 12. The summed E-state index contributed by atoms with van der Waals surface area (Å²) in [5, 5.41) is 1.17. The molecule has 0 aliphatic heterocycles. The van der Waals surface area contributed by atoms with Crippen LogP contribution in [0.1, 0.15) is 69.8 Å². The highest BCUT2D eigenvalue weighted by atomic mass is 79.9. The van der Waals surface area contributed by atoms with Gasteiger partial charge in [-0.25, -0.2) is 0 Å². The SMILES string of the molecule is BrCCCCCCCCCCCCc1cccnc1.[Br-]. The molecule has 0 saturated heterocycles. The Labute approximate surface area is 143 Å². The molecular weight excluding hydrogens is 378 g/mol. The van der Waals surface area contributed by atoms with Gasteiger partial charge in [-0.2, -0.15) is 0 Å². The van der Waals surface area contributed by atoms with Crippen LogP contribution in [0.4, 0.5) is 0 Å². The van der Waals surface area contributed by atoms with Gasteiger partial charge in [0.25, 0.3) is 0 Å². The molecular formula is C17H28Br2N-. The van der Waals surface area contributed by atoms with Crippen LogP contribution in [0, 0.1) is 0 Å². The number of nitrogens with zero attached hydrogens (tertiary/aromatic N) is 1. The van der Waals surface area contributed by atoms with Gasteiger partial charge in [-0.1, -0.05) is 73.4 Å². The Morgan fingerprint density at radius 1 is 0.800 bits per heavy atom. The molecule has 0 saturated carbocycles. The molecule has 0 unspecified atom stereocenters. The first-order chi connectivity index (χ1) is 9.43. The third kappa shape index (κ3) is 11.9. The molecule has 1 aromatic heterocycles. The number of unbranched alkanes of at least 4 members (excludes halogenated alkanes) is 9. The molecule has 0 fully saturated rings. The van der Waals surface area contributed by atoms with Gasteiger partial charge in [0.15, 0.2) is 0 Å². The monoisotopic (exact) mass is 404 g/mol. The third-order valence-corrected chi connectivity index (χ3v) is 4.13. The Hall–Kier alpha value is 0.110. The van der Waals surface area contributed by atoms with Crippen molar-refractivity contribution in [3.8, 4) is 0 Å². The lowest BCUT2D eigenvalue weighted by Gasteiger charge is -2.03. The molecule has 1 aromatic rings. The largest absolute Gasteiger partial charge is 1.00 e. The molecule has 116 valence electrons. The molecule has 0 N–H and O–H groups in total. The van der Waals surface area contributed by atoms with E-state index >= 15 is 0 Å². The van der Waals surface area contributed by atoms with Crippen LogP contribution in [0.5, 0.6) is 0 Å². The van der Waals surface area contributed by atoms with Gasteiger partial charge in [0.1, 0.15) is 0 Å². The fourth-order valence-electron chi connectivity index (χ4n) is 2.38. The number of pyridine rings is 1. The Morgan fingerprint density at radius 3 is 1.85 bits per heavy atom. The molecule has 0 aliphatic carbocycles. The van der Waals surface area contributed by atoms with Crippen LogP contribution in [0.3, 0.4) is 0 Å². The number of aryl methyl sites for hydroxylation is 1. The molecule has 0 atom stereocenters. The van der Waals surface area contributed by atoms with Gasteiger partial charge in [-0.05, 0) is 30.9 Å². The zero-order valence-electron chi connectivity index (χ0n) is 12.5. The Morgan fingerprint density at radius 2 is 1.35 bits per heavy atom. The molecule has 1 rings (SSSR count). The van der Waals surface area contributed by atoms with E-state index in [1.54, 1.807) is 0 Å². The quantitative estimate of drug-likeness (QED) is 0.384. The van der Waals surface area contributed by atoms with Gasteiger partial charge in [0.2, 0.25) is 0 Å². The minimum atomic E-state index is 0. The Balaban J connectivity index is 0.00000361. The van der Waals surface area contributed by atoms with Crippen LogP contribution in [0.2, 0.25) is 0 Å². The standard InChI is InChI=1S/C17H28BrN.BrH/c18-14-10-8-6-4-2-1-3-5-7-9-12-17-13-11-15-19-16-17;/h11,13,15-16H,1-10,12,14H2;1H/p-1. The lowest BCUT2D eigenvalue weighted by Crippen LogP contribution is -3.00. The minimum Gasteiger partial charge on any atom is -1.00 e. The summed E-state index contributed by atoms with van der Waals surface area (Å²) < 4.78 is 0. The fraction of sp³-hybridized carbons (Fsp3) is 0.706. The second kappa shape index (κ2) is 15.5. The Bertz CT molecular complexity index is 290. The van der Waals surface area contributed by atoms with Gasteiger partial charge in [-0.15, -0.1) is 0 Å². The summed E-state index contributed by atoms with van der Waals surface area (Å²) in [6.07, 6.45) is 19.0. The second-order valence-electron chi connectivity index (χ2n) is 5.34. The van der Waals surface area contributed by atoms with Gasteiger partial charge < -0.3 is 17.0 Å². The number of aromatic nitrogens is 1. The molecule has 0 radical (unpaired) electrons. The average Bonchev–Trinajstić information content (AvgIpc) is 2.46. The number of halogens is 2. The van der Waals surface area contributed by atoms with Crippen LogP contribution >= 0.6 is 15.9 Å². The van der Waals surface area contributed by atoms with Crippen molar-refractivity contribution < 1.29 is 17.0 Å². The van der Waals surface area contributed by atoms with Crippen molar-refractivity contribution in [3.63, 3.8) is 0 Å². The third-order valence-electron chi connectivity index (χ3n) is 3.57. The van der Waals surface area contributed by atoms with Crippen LogP contribution < -0.4 is 17.0 Å². The minimum absolute atomic E-state index is 0. The second-order valence-corrected chi connectivity index (χ2v) is 6.13. The molecule has 0 amide bonds. The van der Waals surface area contributed by atoms with Crippen molar-refractivity contribution in [2.75, 3.05) is 5.33 Å². The summed E-state index contributed by atoms with van der Waals surface area (Å²) in [4.78, 5) is 4.15. The van der Waals surface area contributed by atoms with Crippen LogP contribution in [-0.2, 0) is 6.42 Å². The van der Waals surface area contributed by atoms with Gasteiger partial charge in [-0.3, -0.25) is 4.98 Å². The van der Waals surface area contributed by atoms with Crippen LogP contribution in [0.25, 0.3) is 0 Å². The molecule has 0 aliphatic rings. The van der Waals surface area contributed by atoms with Gasteiger partial charge in [0, 0.05) is 17.7 Å². The molecule has 1 heterocycles. The van der Waals surface area contributed by atoms with Crippen molar-refractivity contribution in [2.24, 2.45) is 0 Å². The van der Waals surface area contributed by atoms with Crippen LogP contribution in [0.15, 0.2) is 24.5 Å². The van der Waals surface area contributed by atoms with Crippen molar-refractivity contribution in [3.05, 3.63) is 30.1 Å². The number of hydrogen-bond acceptors (Lipinski definition) is 1. The topological polar surface area (TPSA) is 12.9 Å². The van der Waals surface area contributed by atoms with E-state index in [-0.39, 0.29) is 17.0 Å². The van der Waals surface area contributed by atoms with Crippen molar-refractivity contribution >= 4 is 15.9 Å². The zero-order valence-corrected chi connectivity index (χ0v) is 15.7. The summed E-state index contributed by atoms with van der Waals surface area (Å²) in [6, 6.07) is 4.21. The molecule has 3 heteroatoms. The molecule has 0 spiro atoms. The number of hydrogen-bond donors (Lipinski definition) is 0.